The fraction of sp³-hybridized carbons (Fsp3) is 0.800. The summed E-state index contributed by atoms with van der Waals surface area (Å²) in [5, 5.41) is 8.42. The van der Waals surface area contributed by atoms with E-state index < -0.39 is 10.7 Å². The van der Waals surface area contributed by atoms with E-state index in [-0.39, 0.29) is 0 Å². The highest BCUT2D eigenvalue weighted by molar-refractivity contribution is 7.82. The van der Waals surface area contributed by atoms with Gasteiger partial charge < -0.3 is 5.11 Å². The SMILES string of the molecule is O=C(O)C1(S)CCC1. The van der Waals surface area contributed by atoms with Gasteiger partial charge in [-0.15, -0.1) is 0 Å². The molecule has 0 bridgehead atoms. The number of aliphatic carboxylic acids is 1. The molecule has 8 heavy (non-hydrogen) atoms. The summed E-state index contributed by atoms with van der Waals surface area (Å²) >= 11 is 3.97. The fourth-order valence-electron chi connectivity index (χ4n) is 0.726. The third kappa shape index (κ3) is 0.708. The number of rotatable bonds is 1. The standard InChI is InChI=1S/C5H8O2S/c6-4(7)5(8)2-1-3-5/h8H,1-3H2,(H,6,7). The smallest absolute Gasteiger partial charge is 0.319 e. The molecule has 0 aromatic heterocycles. The summed E-state index contributed by atoms with van der Waals surface area (Å²) < 4.78 is -0.667. The van der Waals surface area contributed by atoms with Crippen molar-refractivity contribution in [1.82, 2.24) is 0 Å². The first-order valence-corrected chi connectivity index (χ1v) is 3.06. The molecule has 1 N–H and O–H groups in total. The molecule has 0 heterocycles. The molecule has 0 radical (unpaired) electrons. The van der Waals surface area contributed by atoms with Gasteiger partial charge in [0.15, 0.2) is 0 Å². The molecular formula is C5H8O2S. The normalized spacial score (nSPS) is 24.1. The van der Waals surface area contributed by atoms with E-state index in [1.54, 1.807) is 0 Å². The summed E-state index contributed by atoms with van der Waals surface area (Å²) in [6.45, 7) is 0. The summed E-state index contributed by atoms with van der Waals surface area (Å²) in [7, 11) is 0. The van der Waals surface area contributed by atoms with Gasteiger partial charge in [0.2, 0.25) is 0 Å². The number of carboxylic acid groups (broad SMARTS) is 1. The van der Waals surface area contributed by atoms with Gasteiger partial charge in [-0.1, -0.05) is 0 Å². The van der Waals surface area contributed by atoms with Crippen LogP contribution in [0.25, 0.3) is 0 Å². The molecule has 0 atom stereocenters. The van der Waals surface area contributed by atoms with E-state index in [0.29, 0.717) is 0 Å². The van der Waals surface area contributed by atoms with Crippen molar-refractivity contribution in [3.63, 3.8) is 0 Å². The van der Waals surface area contributed by atoms with Gasteiger partial charge in [-0.05, 0) is 19.3 Å². The second-order valence-electron chi connectivity index (χ2n) is 2.19. The molecule has 3 heteroatoms. The van der Waals surface area contributed by atoms with Crippen LogP contribution in [0.5, 0.6) is 0 Å². The molecule has 1 rings (SSSR count). The summed E-state index contributed by atoms with van der Waals surface area (Å²) in [4.78, 5) is 10.2. The van der Waals surface area contributed by atoms with E-state index in [1.165, 1.54) is 0 Å². The lowest BCUT2D eigenvalue weighted by Crippen LogP contribution is -2.39. The lowest BCUT2D eigenvalue weighted by molar-refractivity contribution is -0.142. The van der Waals surface area contributed by atoms with Gasteiger partial charge in [0.05, 0.1) is 0 Å². The molecule has 0 aromatic rings. The van der Waals surface area contributed by atoms with Crippen LogP contribution in [0.2, 0.25) is 0 Å². The fourth-order valence-corrected chi connectivity index (χ4v) is 1.04. The average molecular weight is 132 g/mol. The zero-order valence-electron chi connectivity index (χ0n) is 4.42. The third-order valence-electron chi connectivity index (χ3n) is 1.58. The van der Waals surface area contributed by atoms with Crippen molar-refractivity contribution in [3.8, 4) is 0 Å². The Morgan fingerprint density at radius 1 is 1.62 bits per heavy atom. The largest absolute Gasteiger partial charge is 0.480 e. The summed E-state index contributed by atoms with van der Waals surface area (Å²) in [5.41, 5.74) is 0. The van der Waals surface area contributed by atoms with Gasteiger partial charge in [-0.25, -0.2) is 0 Å². The molecule has 0 amide bonds. The molecule has 1 saturated carbocycles. The topological polar surface area (TPSA) is 37.3 Å². The van der Waals surface area contributed by atoms with Gasteiger partial charge in [-0.3, -0.25) is 4.79 Å². The van der Waals surface area contributed by atoms with Crippen molar-refractivity contribution in [2.75, 3.05) is 0 Å². The van der Waals surface area contributed by atoms with Crippen molar-refractivity contribution in [3.05, 3.63) is 0 Å². The van der Waals surface area contributed by atoms with Crippen LogP contribution in [-0.2, 0) is 4.79 Å². The molecule has 1 aliphatic carbocycles. The highest BCUT2D eigenvalue weighted by Crippen LogP contribution is 2.37. The summed E-state index contributed by atoms with van der Waals surface area (Å²) in [6, 6.07) is 0. The first kappa shape index (κ1) is 5.95. The van der Waals surface area contributed by atoms with Crippen molar-refractivity contribution >= 4 is 18.6 Å². The van der Waals surface area contributed by atoms with E-state index in [0.717, 1.165) is 19.3 Å². The van der Waals surface area contributed by atoms with Crippen molar-refractivity contribution in [2.24, 2.45) is 0 Å². The third-order valence-corrected chi connectivity index (χ3v) is 2.22. The van der Waals surface area contributed by atoms with Crippen molar-refractivity contribution < 1.29 is 9.90 Å². The van der Waals surface area contributed by atoms with Crippen molar-refractivity contribution in [1.29, 1.82) is 0 Å². The lowest BCUT2D eigenvalue weighted by atomic mass is 9.84. The molecule has 1 aliphatic rings. The Morgan fingerprint density at radius 2 is 2.12 bits per heavy atom. The molecule has 46 valence electrons. The molecule has 0 aliphatic heterocycles. The van der Waals surface area contributed by atoms with E-state index in [4.69, 9.17) is 5.11 Å². The van der Waals surface area contributed by atoms with Gasteiger partial charge >= 0.3 is 5.97 Å². The van der Waals surface area contributed by atoms with Crippen LogP contribution >= 0.6 is 12.6 Å². The minimum atomic E-state index is -0.771. The van der Waals surface area contributed by atoms with Crippen LogP contribution in [0.15, 0.2) is 0 Å². The average Bonchev–Trinajstić information content (AvgIpc) is 1.60. The minimum absolute atomic E-state index is 0.667. The zero-order valence-corrected chi connectivity index (χ0v) is 5.32. The second kappa shape index (κ2) is 1.65. The molecule has 0 unspecified atom stereocenters. The maximum atomic E-state index is 10.2. The Morgan fingerprint density at radius 3 is 2.12 bits per heavy atom. The number of hydrogen-bond acceptors (Lipinski definition) is 2. The summed E-state index contributed by atoms with van der Waals surface area (Å²) in [6.07, 6.45) is 2.46. The predicted molar refractivity (Wildman–Crippen MR) is 33.2 cm³/mol. The van der Waals surface area contributed by atoms with Gasteiger partial charge in [-0.2, -0.15) is 12.6 Å². The van der Waals surface area contributed by atoms with Gasteiger partial charge in [0.25, 0.3) is 0 Å². The molecule has 1 fully saturated rings. The second-order valence-corrected chi connectivity index (χ2v) is 3.05. The van der Waals surface area contributed by atoms with E-state index >= 15 is 0 Å². The zero-order chi connectivity index (χ0) is 6.20. The Bertz CT molecular complexity index is 118. The van der Waals surface area contributed by atoms with Crippen LogP contribution in [0.1, 0.15) is 19.3 Å². The van der Waals surface area contributed by atoms with E-state index in [9.17, 15) is 4.79 Å². The molecule has 0 aromatic carbocycles. The number of carboxylic acids is 1. The number of hydrogen-bond donors (Lipinski definition) is 2. The predicted octanol–water partition coefficient (Wildman–Crippen LogP) is 0.923. The maximum Gasteiger partial charge on any atom is 0.319 e. The van der Waals surface area contributed by atoms with Crippen LogP contribution in [-0.4, -0.2) is 15.8 Å². The van der Waals surface area contributed by atoms with E-state index in [2.05, 4.69) is 12.6 Å². The van der Waals surface area contributed by atoms with Crippen LogP contribution in [0, 0.1) is 0 Å². The first-order chi connectivity index (χ1) is 3.65. The molecule has 0 saturated heterocycles. The van der Waals surface area contributed by atoms with Crippen LogP contribution in [0.4, 0.5) is 0 Å². The first-order valence-electron chi connectivity index (χ1n) is 2.61. The Kier molecular flexibility index (Phi) is 1.23. The Balaban J connectivity index is 2.53. The molecule has 2 nitrogen and oxygen atoms in total. The Labute approximate surface area is 53.3 Å². The highest BCUT2D eigenvalue weighted by Gasteiger charge is 2.40. The quantitative estimate of drug-likeness (QED) is 0.521. The lowest BCUT2D eigenvalue weighted by Gasteiger charge is -2.32. The maximum absolute atomic E-state index is 10.2. The number of carbonyl (C=O) groups is 1. The van der Waals surface area contributed by atoms with E-state index in [1.807, 2.05) is 0 Å². The Hall–Kier alpha value is -0.180. The van der Waals surface area contributed by atoms with Crippen LogP contribution < -0.4 is 0 Å². The number of thiol groups is 1. The summed E-state index contributed by atoms with van der Waals surface area (Å²) in [5.74, 6) is -0.771. The molecule has 0 spiro atoms. The van der Waals surface area contributed by atoms with Gasteiger partial charge in [0, 0.05) is 0 Å². The highest BCUT2D eigenvalue weighted by atomic mass is 32.1. The monoisotopic (exact) mass is 132 g/mol. The molecular weight excluding hydrogens is 124 g/mol. The minimum Gasteiger partial charge on any atom is -0.480 e. The van der Waals surface area contributed by atoms with Crippen molar-refractivity contribution in [2.45, 2.75) is 24.0 Å². The van der Waals surface area contributed by atoms with Crippen LogP contribution in [0.3, 0.4) is 0 Å². The van der Waals surface area contributed by atoms with Gasteiger partial charge in [0.1, 0.15) is 4.75 Å².